The van der Waals surface area contributed by atoms with Gasteiger partial charge in [0.2, 0.25) is 0 Å². The van der Waals surface area contributed by atoms with E-state index in [9.17, 15) is 32.2 Å². The fourth-order valence-electron chi connectivity index (χ4n) is 4.04. The predicted molar refractivity (Wildman–Crippen MR) is 148 cm³/mol. The highest BCUT2D eigenvalue weighted by Crippen LogP contribution is 2.50. The Kier molecular flexibility index (Phi) is 8.64. The van der Waals surface area contributed by atoms with E-state index in [1.807, 2.05) is 0 Å². The molecule has 0 spiro atoms. The van der Waals surface area contributed by atoms with Crippen molar-refractivity contribution in [2.24, 2.45) is 0 Å². The summed E-state index contributed by atoms with van der Waals surface area (Å²) in [7, 11) is -7.92. The van der Waals surface area contributed by atoms with Crippen molar-refractivity contribution in [1.29, 1.82) is 0 Å². The largest absolute Gasteiger partial charge is 0.530 e. The fourth-order valence-corrected chi connectivity index (χ4v) is 5.88. The number of phosphoric acid groups is 1. The number of sulfone groups is 1. The second-order valence-corrected chi connectivity index (χ2v) is 12.9. The zero-order valence-electron chi connectivity index (χ0n) is 22.3. The van der Waals surface area contributed by atoms with E-state index >= 15 is 0 Å². The van der Waals surface area contributed by atoms with Gasteiger partial charge in [-0.05, 0) is 36.4 Å². The molecule has 2 N–H and O–H groups in total. The summed E-state index contributed by atoms with van der Waals surface area (Å²) in [6.45, 7) is -0.693. The number of aromatic nitrogens is 4. The van der Waals surface area contributed by atoms with Crippen molar-refractivity contribution < 1.29 is 36.0 Å². The minimum atomic E-state index is -4.43. The van der Waals surface area contributed by atoms with Gasteiger partial charge in [-0.3, -0.25) is 37.7 Å². The van der Waals surface area contributed by atoms with Gasteiger partial charge in [-0.2, -0.15) is 0 Å². The maximum absolute atomic E-state index is 13.7. The zero-order chi connectivity index (χ0) is 30.8. The van der Waals surface area contributed by atoms with Gasteiger partial charge in [0.05, 0.1) is 18.1 Å². The molecule has 0 unspecified atom stereocenters. The minimum Gasteiger partial charge on any atom is -0.404 e. The molecule has 18 heteroatoms. The Morgan fingerprint density at radius 3 is 1.65 bits per heavy atom. The molecule has 4 heterocycles. The van der Waals surface area contributed by atoms with Gasteiger partial charge in [0.25, 0.3) is 11.1 Å². The first-order valence-electron chi connectivity index (χ1n) is 12.6. The monoisotopic (exact) mass is 636 g/mol. The van der Waals surface area contributed by atoms with Crippen molar-refractivity contribution in [1.82, 2.24) is 19.1 Å². The summed E-state index contributed by atoms with van der Waals surface area (Å²) in [5.41, 5.74) is -2.52. The summed E-state index contributed by atoms with van der Waals surface area (Å²) in [6, 6.07) is 7.41. The topological polar surface area (TPSA) is 207 Å². The lowest BCUT2D eigenvalue weighted by atomic mass is 10.3. The van der Waals surface area contributed by atoms with Crippen molar-refractivity contribution in [2.45, 2.75) is 29.6 Å². The van der Waals surface area contributed by atoms with Gasteiger partial charge < -0.3 is 14.0 Å². The van der Waals surface area contributed by atoms with E-state index < -0.39 is 64.8 Å². The Morgan fingerprint density at radius 1 is 0.767 bits per heavy atom. The van der Waals surface area contributed by atoms with E-state index in [-0.39, 0.29) is 23.9 Å². The Hall–Kier alpha value is -4.12. The highest BCUT2D eigenvalue weighted by Gasteiger charge is 2.34. The van der Waals surface area contributed by atoms with Crippen LogP contribution >= 0.6 is 7.82 Å². The van der Waals surface area contributed by atoms with Gasteiger partial charge >= 0.3 is 19.2 Å². The number of H-pyrrole nitrogens is 2. The summed E-state index contributed by atoms with van der Waals surface area (Å²) in [4.78, 5) is 51.1. The molecular formula is C25H25N4O12PS. The quantitative estimate of drug-likeness (QED) is 0.219. The van der Waals surface area contributed by atoms with Gasteiger partial charge in [-0.1, -0.05) is 12.2 Å². The van der Waals surface area contributed by atoms with Crippen LogP contribution in [0.15, 0.2) is 97.2 Å². The van der Waals surface area contributed by atoms with E-state index in [4.69, 9.17) is 23.0 Å². The van der Waals surface area contributed by atoms with Crippen molar-refractivity contribution in [3.8, 4) is 5.75 Å². The summed E-state index contributed by atoms with van der Waals surface area (Å²) in [5.74, 6) is -0.0168. The first-order valence-corrected chi connectivity index (χ1v) is 15.9. The molecule has 4 atom stereocenters. The lowest BCUT2D eigenvalue weighted by Gasteiger charge is -2.22. The molecule has 3 aromatic rings. The first-order chi connectivity index (χ1) is 20.4. The smallest absolute Gasteiger partial charge is 0.404 e. The maximum Gasteiger partial charge on any atom is 0.530 e. The maximum atomic E-state index is 13.7. The second-order valence-electron chi connectivity index (χ2n) is 9.31. The van der Waals surface area contributed by atoms with Crippen molar-refractivity contribution in [2.75, 3.05) is 19.5 Å². The lowest BCUT2D eigenvalue weighted by molar-refractivity contribution is -0.0238. The Labute approximate surface area is 242 Å². The number of ether oxygens (including phenoxy) is 2. The van der Waals surface area contributed by atoms with Crippen LogP contribution in [-0.4, -0.2) is 59.2 Å². The van der Waals surface area contributed by atoms with Crippen molar-refractivity contribution >= 4 is 17.7 Å². The standard InChI is InChI=1S/C25H25N4O12PS/c1-43(35,36)19-6-2-16(3-7-19)41-42(34,37-14-17-4-8-22(39-17)28-12-10-20(30)26-24(28)32)38-15-18-5-9-23(40-18)29-13-11-21(31)27-25(29)33/h2-13,17-18,22-23H,14-15H2,1H3,(H,26,30,32)(H,27,31,33)/t17-,18-,22+,23+/m0/s1. The van der Waals surface area contributed by atoms with Crippen LogP contribution in [0.5, 0.6) is 5.75 Å². The Bertz CT molecular complexity index is 1840. The third-order valence-electron chi connectivity index (χ3n) is 6.12. The number of rotatable bonds is 11. The van der Waals surface area contributed by atoms with Gasteiger partial charge in [0.1, 0.15) is 18.0 Å². The van der Waals surface area contributed by atoms with Crippen LogP contribution in [0.3, 0.4) is 0 Å². The molecule has 0 saturated carbocycles. The first kappa shape index (κ1) is 30.3. The Balaban J connectivity index is 1.26. The highest BCUT2D eigenvalue weighted by atomic mass is 32.2. The molecule has 2 aliphatic heterocycles. The van der Waals surface area contributed by atoms with E-state index in [0.29, 0.717) is 0 Å². The second kappa shape index (κ2) is 12.2. The molecule has 0 amide bonds. The number of hydrogen-bond acceptors (Lipinski definition) is 12. The van der Waals surface area contributed by atoms with Crippen molar-refractivity contribution in [3.63, 3.8) is 0 Å². The van der Waals surface area contributed by atoms with Crippen LogP contribution in [0, 0.1) is 0 Å². The van der Waals surface area contributed by atoms with Gasteiger partial charge in [-0.15, -0.1) is 0 Å². The van der Waals surface area contributed by atoms with Crippen LogP contribution in [0.4, 0.5) is 0 Å². The predicted octanol–water partition coefficient (Wildman–Crippen LogP) is 0.618. The molecular weight excluding hydrogens is 611 g/mol. The van der Waals surface area contributed by atoms with Gasteiger partial charge in [0.15, 0.2) is 22.3 Å². The van der Waals surface area contributed by atoms with Crippen LogP contribution in [0.1, 0.15) is 12.5 Å². The number of aromatic amines is 2. The normalized spacial score (nSPS) is 21.8. The number of phosphoric ester groups is 1. The molecule has 16 nitrogen and oxygen atoms in total. The third-order valence-corrected chi connectivity index (χ3v) is 8.62. The van der Waals surface area contributed by atoms with Gasteiger partial charge in [0, 0.05) is 30.8 Å². The zero-order valence-corrected chi connectivity index (χ0v) is 24.0. The average molecular weight is 637 g/mol. The molecule has 0 bridgehead atoms. The van der Waals surface area contributed by atoms with E-state index in [1.165, 1.54) is 36.7 Å². The van der Waals surface area contributed by atoms with Crippen molar-refractivity contribution in [3.05, 3.63) is 115 Å². The summed E-state index contributed by atoms with van der Waals surface area (Å²) in [6.07, 6.45) is 6.44. The third kappa shape index (κ3) is 7.45. The van der Waals surface area contributed by atoms with E-state index in [0.717, 1.165) is 27.5 Å². The molecule has 2 aliphatic rings. The van der Waals surface area contributed by atoms with E-state index in [1.54, 1.807) is 24.3 Å². The molecule has 2 aromatic heterocycles. The molecule has 0 saturated heterocycles. The SMILES string of the molecule is CS(=O)(=O)c1ccc(OP(=O)(OC[C@@H]2C=C[C@H](n3ccc(=O)[nH]c3=O)O2)OC[C@@H]2C=C[C@H](n3ccc(=O)[nH]c3=O)O2)cc1. The molecule has 0 fully saturated rings. The summed E-state index contributed by atoms with van der Waals surface area (Å²) < 4.78 is 67.7. The van der Waals surface area contributed by atoms with Crippen LogP contribution in [-0.2, 0) is 32.9 Å². The minimum absolute atomic E-state index is 0.0117. The van der Waals surface area contributed by atoms with Crippen LogP contribution in [0.2, 0.25) is 0 Å². The molecule has 1 aromatic carbocycles. The van der Waals surface area contributed by atoms with E-state index in [2.05, 4.69) is 9.97 Å². The Morgan fingerprint density at radius 2 is 1.23 bits per heavy atom. The van der Waals surface area contributed by atoms with Gasteiger partial charge in [-0.25, -0.2) is 22.6 Å². The number of benzene rings is 1. The fraction of sp³-hybridized carbons (Fsp3) is 0.280. The average Bonchev–Trinajstić information content (AvgIpc) is 3.61. The highest BCUT2D eigenvalue weighted by molar-refractivity contribution is 7.90. The lowest BCUT2D eigenvalue weighted by Crippen LogP contribution is -2.32. The van der Waals surface area contributed by atoms with Crippen LogP contribution in [0.25, 0.3) is 0 Å². The molecule has 43 heavy (non-hydrogen) atoms. The summed E-state index contributed by atoms with van der Waals surface area (Å²) in [5, 5.41) is 0. The number of nitrogens with one attached hydrogen (secondary N) is 2. The number of hydrogen-bond donors (Lipinski definition) is 2. The summed E-state index contributed by atoms with van der Waals surface area (Å²) >= 11 is 0. The molecule has 0 aliphatic carbocycles. The van der Waals surface area contributed by atoms with Crippen LogP contribution < -0.4 is 27.0 Å². The molecule has 5 rings (SSSR count). The molecule has 228 valence electrons. The molecule has 0 radical (unpaired) electrons. The number of nitrogens with zero attached hydrogens (tertiary/aromatic N) is 2.